The molecule has 2 aliphatic heterocycles. The van der Waals surface area contributed by atoms with Gasteiger partial charge in [0.2, 0.25) is 0 Å². The number of carbonyl (C=O) groups is 1. The number of piperidine rings is 1. The second-order valence-corrected chi connectivity index (χ2v) is 10.4. The lowest BCUT2D eigenvalue weighted by atomic mass is 9.97. The zero-order chi connectivity index (χ0) is 23.4. The fourth-order valence-electron chi connectivity index (χ4n) is 6.06. The Morgan fingerprint density at radius 3 is 2.32 bits per heavy atom. The number of alkyl halides is 3. The third-order valence-corrected chi connectivity index (χ3v) is 8.08. The molecule has 0 spiro atoms. The second kappa shape index (κ2) is 8.40. The summed E-state index contributed by atoms with van der Waals surface area (Å²) in [7, 11) is 0. The van der Waals surface area contributed by atoms with Gasteiger partial charge in [-0.25, -0.2) is 0 Å². The van der Waals surface area contributed by atoms with E-state index in [0.717, 1.165) is 56.6 Å². The van der Waals surface area contributed by atoms with E-state index in [1.54, 1.807) is 17.2 Å². The molecule has 6 rings (SSSR count). The summed E-state index contributed by atoms with van der Waals surface area (Å²) in [6.07, 6.45) is 5.30. The van der Waals surface area contributed by atoms with Gasteiger partial charge in [0.1, 0.15) is 0 Å². The van der Waals surface area contributed by atoms with Gasteiger partial charge in [0.25, 0.3) is 5.91 Å². The van der Waals surface area contributed by atoms with Crippen LogP contribution in [-0.2, 0) is 6.18 Å². The summed E-state index contributed by atoms with van der Waals surface area (Å²) < 4.78 is 43.2. The number of benzene rings is 1. The fraction of sp³-hybridized carbons (Fsp3) is 0.615. The predicted molar refractivity (Wildman–Crippen MR) is 122 cm³/mol. The first-order valence-electron chi connectivity index (χ1n) is 12.7. The zero-order valence-corrected chi connectivity index (χ0v) is 19.3. The van der Waals surface area contributed by atoms with Crippen LogP contribution in [0.3, 0.4) is 0 Å². The third-order valence-electron chi connectivity index (χ3n) is 8.08. The van der Waals surface area contributed by atoms with E-state index in [4.69, 9.17) is 5.10 Å². The summed E-state index contributed by atoms with van der Waals surface area (Å²) in [5.41, 5.74) is 1.18. The van der Waals surface area contributed by atoms with Crippen LogP contribution < -0.4 is 0 Å². The molecule has 1 aromatic carbocycles. The number of hydrogen-bond donors (Lipinski definition) is 0. The molecule has 4 fully saturated rings. The number of nitrogens with zero attached hydrogens (tertiary/aromatic N) is 4. The maximum Gasteiger partial charge on any atom is 0.416 e. The van der Waals surface area contributed by atoms with E-state index in [-0.39, 0.29) is 11.5 Å². The number of carbonyl (C=O) groups excluding carboxylic acids is 1. The quantitative estimate of drug-likeness (QED) is 0.573. The van der Waals surface area contributed by atoms with Crippen molar-refractivity contribution in [3.05, 3.63) is 52.8 Å². The molecule has 1 unspecified atom stereocenters. The Hall–Kier alpha value is -2.35. The van der Waals surface area contributed by atoms with Crippen molar-refractivity contribution in [1.29, 1.82) is 0 Å². The van der Waals surface area contributed by atoms with E-state index in [1.165, 1.54) is 25.0 Å². The molecule has 4 aliphatic rings. The normalized spacial score (nSPS) is 24.7. The highest BCUT2D eigenvalue weighted by Gasteiger charge is 2.42. The Labute approximate surface area is 197 Å². The molecule has 0 radical (unpaired) electrons. The lowest BCUT2D eigenvalue weighted by Gasteiger charge is -2.33. The lowest BCUT2D eigenvalue weighted by Crippen LogP contribution is -2.37. The van der Waals surface area contributed by atoms with E-state index >= 15 is 0 Å². The Morgan fingerprint density at radius 1 is 0.912 bits per heavy atom. The van der Waals surface area contributed by atoms with Gasteiger partial charge in [-0.3, -0.25) is 9.48 Å². The van der Waals surface area contributed by atoms with E-state index in [0.29, 0.717) is 36.9 Å². The third kappa shape index (κ3) is 4.04. The number of halogens is 3. The van der Waals surface area contributed by atoms with Crippen LogP contribution in [0.5, 0.6) is 0 Å². The Balaban J connectivity index is 1.27. The molecule has 1 amide bonds. The second-order valence-electron chi connectivity index (χ2n) is 10.4. The van der Waals surface area contributed by atoms with Gasteiger partial charge in [0.05, 0.1) is 35.1 Å². The summed E-state index contributed by atoms with van der Waals surface area (Å²) in [6, 6.07) is 6.21. The number of hydrogen-bond acceptors (Lipinski definition) is 3. The van der Waals surface area contributed by atoms with Crippen molar-refractivity contribution in [1.82, 2.24) is 19.6 Å². The predicted octanol–water partition coefficient (Wildman–Crippen LogP) is 5.56. The van der Waals surface area contributed by atoms with Crippen LogP contribution >= 0.6 is 0 Å². The largest absolute Gasteiger partial charge is 0.416 e. The van der Waals surface area contributed by atoms with Gasteiger partial charge < -0.3 is 9.80 Å². The van der Waals surface area contributed by atoms with Crippen molar-refractivity contribution in [2.45, 2.75) is 81.6 Å². The molecule has 2 saturated carbocycles. The first-order chi connectivity index (χ1) is 16.4. The van der Waals surface area contributed by atoms with E-state index in [9.17, 15) is 18.0 Å². The highest BCUT2D eigenvalue weighted by molar-refractivity contribution is 5.96. The van der Waals surface area contributed by atoms with Gasteiger partial charge >= 0.3 is 6.18 Å². The summed E-state index contributed by atoms with van der Waals surface area (Å²) in [4.78, 5) is 18.0. The molecule has 2 aliphatic carbocycles. The maximum atomic E-state index is 13.8. The molecule has 8 heteroatoms. The van der Waals surface area contributed by atoms with Crippen LogP contribution in [0.15, 0.2) is 30.5 Å². The van der Waals surface area contributed by atoms with Crippen molar-refractivity contribution in [2.75, 3.05) is 19.6 Å². The molecule has 1 aromatic heterocycles. The minimum Gasteiger partial charge on any atom is -0.331 e. The molecule has 2 aromatic rings. The first kappa shape index (κ1) is 22.1. The average Bonchev–Trinajstić information content (AvgIpc) is 3.77. The lowest BCUT2D eigenvalue weighted by molar-refractivity contribution is -0.138. The zero-order valence-electron chi connectivity index (χ0n) is 19.3. The Morgan fingerprint density at radius 2 is 1.65 bits per heavy atom. The molecule has 0 bridgehead atoms. The highest BCUT2D eigenvalue weighted by atomic mass is 19.4. The van der Waals surface area contributed by atoms with Gasteiger partial charge in [-0.1, -0.05) is 18.2 Å². The van der Waals surface area contributed by atoms with Gasteiger partial charge in [0, 0.05) is 31.6 Å². The number of amides is 1. The summed E-state index contributed by atoms with van der Waals surface area (Å²) in [5, 5.41) is 4.70. The van der Waals surface area contributed by atoms with Crippen LogP contribution in [0.4, 0.5) is 13.2 Å². The van der Waals surface area contributed by atoms with Crippen LogP contribution in [0, 0.1) is 0 Å². The number of rotatable bonds is 5. The smallest absolute Gasteiger partial charge is 0.331 e. The minimum absolute atomic E-state index is 0.164. The molecule has 3 heterocycles. The summed E-state index contributed by atoms with van der Waals surface area (Å²) in [6.45, 7) is 2.63. The van der Waals surface area contributed by atoms with Crippen molar-refractivity contribution in [3.63, 3.8) is 0 Å². The first-order valence-corrected chi connectivity index (χ1v) is 12.7. The van der Waals surface area contributed by atoms with Crippen molar-refractivity contribution >= 4 is 5.91 Å². The standard InChI is InChI=1S/C26H31F3N4O/c27-26(28,29)22-5-2-1-4-20(22)23-6-3-13-32(23)25(34)21-16-30-33(24(21)17-7-8-17)19-11-14-31(15-12-19)18-9-10-18/h1-2,4-5,16-19,23H,3,6-15H2. The van der Waals surface area contributed by atoms with Gasteiger partial charge in [-0.05, 0) is 63.0 Å². The van der Waals surface area contributed by atoms with Gasteiger partial charge in [-0.2, -0.15) is 18.3 Å². The SMILES string of the molecule is O=C(c1cnn(C2CCN(C3CC3)CC2)c1C1CC1)N1CCCC1c1ccccc1C(F)(F)F. The van der Waals surface area contributed by atoms with Crippen molar-refractivity contribution in [2.24, 2.45) is 0 Å². The molecular formula is C26H31F3N4O. The Bertz CT molecular complexity index is 1060. The minimum atomic E-state index is -4.44. The van der Waals surface area contributed by atoms with E-state index in [2.05, 4.69) is 9.58 Å². The Kier molecular flexibility index (Phi) is 5.47. The number of aromatic nitrogens is 2. The molecule has 1 atom stereocenters. The summed E-state index contributed by atoms with van der Waals surface area (Å²) >= 11 is 0. The van der Waals surface area contributed by atoms with Gasteiger partial charge in [0.15, 0.2) is 0 Å². The molecule has 182 valence electrons. The van der Waals surface area contributed by atoms with Crippen molar-refractivity contribution < 1.29 is 18.0 Å². The molecule has 5 nitrogen and oxygen atoms in total. The molecule has 34 heavy (non-hydrogen) atoms. The van der Waals surface area contributed by atoms with E-state index < -0.39 is 17.8 Å². The number of likely N-dealkylation sites (tertiary alicyclic amines) is 2. The fourth-order valence-corrected chi connectivity index (χ4v) is 6.06. The molecule has 2 saturated heterocycles. The summed E-state index contributed by atoms with van der Waals surface area (Å²) in [5.74, 6) is 0.175. The highest BCUT2D eigenvalue weighted by Crippen LogP contribution is 2.46. The average molecular weight is 473 g/mol. The van der Waals surface area contributed by atoms with E-state index in [1.807, 2.05) is 0 Å². The molecule has 0 N–H and O–H groups in total. The van der Waals surface area contributed by atoms with Gasteiger partial charge in [-0.15, -0.1) is 0 Å². The monoisotopic (exact) mass is 472 g/mol. The topological polar surface area (TPSA) is 41.4 Å². The van der Waals surface area contributed by atoms with Crippen LogP contribution in [0.25, 0.3) is 0 Å². The molecular weight excluding hydrogens is 441 g/mol. The maximum absolute atomic E-state index is 13.8. The van der Waals surface area contributed by atoms with Crippen molar-refractivity contribution in [3.8, 4) is 0 Å². The van der Waals surface area contributed by atoms with Crippen LogP contribution in [0.2, 0.25) is 0 Å². The van der Waals surface area contributed by atoms with Crippen LogP contribution in [-0.4, -0.2) is 51.2 Å². The van der Waals surface area contributed by atoms with Crippen LogP contribution in [0.1, 0.15) is 96.5 Å².